The van der Waals surface area contributed by atoms with Gasteiger partial charge in [0.15, 0.2) is 5.79 Å². The molecule has 5 rings (SSSR count). The van der Waals surface area contributed by atoms with Crippen LogP contribution in [0.2, 0.25) is 0 Å². The number of likely N-dealkylation sites (tertiary alicyclic amines) is 1. The molecule has 0 aliphatic carbocycles. The number of nitrogens with zero attached hydrogens (tertiary/aromatic N) is 1. The first-order valence-corrected chi connectivity index (χ1v) is 12.3. The fraction of sp³-hybridized carbons (Fsp3) is 0.440. The first-order valence-electron chi connectivity index (χ1n) is 11.5. The number of nitrogens with one attached hydrogen (secondary N) is 2. The Morgan fingerprint density at radius 1 is 1.12 bits per heavy atom. The summed E-state index contributed by atoms with van der Waals surface area (Å²) in [6.07, 6.45) is 1.24. The van der Waals surface area contributed by atoms with E-state index in [9.17, 15) is 9.59 Å². The van der Waals surface area contributed by atoms with Crippen molar-refractivity contribution in [1.82, 2.24) is 10.2 Å². The lowest BCUT2D eigenvalue weighted by Crippen LogP contribution is -2.49. The lowest BCUT2D eigenvalue weighted by molar-refractivity contribution is -0.153. The van der Waals surface area contributed by atoms with E-state index in [-0.39, 0.29) is 17.7 Å². The van der Waals surface area contributed by atoms with Gasteiger partial charge in [-0.25, -0.2) is 0 Å². The Bertz CT molecular complexity index is 1070. The zero-order valence-corrected chi connectivity index (χ0v) is 19.7. The molecule has 7 nitrogen and oxygen atoms in total. The molecule has 0 saturated carbocycles. The predicted octanol–water partition coefficient (Wildman–Crippen LogP) is 4.01. The van der Waals surface area contributed by atoms with Crippen LogP contribution in [0, 0.1) is 5.92 Å². The van der Waals surface area contributed by atoms with E-state index in [1.807, 2.05) is 36.4 Å². The molecule has 2 fully saturated rings. The Labute approximate surface area is 198 Å². The summed E-state index contributed by atoms with van der Waals surface area (Å²) < 4.78 is 11.5. The molecule has 2 N–H and O–H groups in total. The molecule has 0 unspecified atom stereocenters. The molecule has 0 bridgehead atoms. The third kappa shape index (κ3) is 4.60. The molecule has 0 aromatic heterocycles. The largest absolute Gasteiger partial charge is 0.354 e. The normalized spacial score (nSPS) is 19.2. The van der Waals surface area contributed by atoms with Gasteiger partial charge in [-0.3, -0.25) is 9.59 Å². The summed E-state index contributed by atoms with van der Waals surface area (Å²) >= 11 is 1.68. The minimum absolute atomic E-state index is 0.0754. The Morgan fingerprint density at radius 2 is 1.88 bits per heavy atom. The highest BCUT2D eigenvalue weighted by Gasteiger charge is 2.46. The highest BCUT2D eigenvalue weighted by molar-refractivity contribution is 7.99. The van der Waals surface area contributed by atoms with E-state index in [2.05, 4.69) is 30.5 Å². The van der Waals surface area contributed by atoms with Crippen molar-refractivity contribution in [2.45, 2.75) is 48.3 Å². The maximum absolute atomic E-state index is 13.3. The molecule has 33 heavy (non-hydrogen) atoms. The van der Waals surface area contributed by atoms with E-state index in [1.165, 1.54) is 0 Å². The first-order chi connectivity index (χ1) is 15.9. The van der Waals surface area contributed by atoms with Gasteiger partial charge in [0.1, 0.15) is 6.04 Å². The number of para-hydroxylation sites is 1. The standard InChI is InChI=1S/C25H29N3O4S/c1-16(2)13-20(24(30)28-10-9-25(15-28)31-11-12-32-25)27-23(29)17-7-8-22-19(14-17)26-18-5-3-4-6-21(18)33-22/h3-8,14,16,20,26H,9-13,15H2,1-2H3,(H,27,29)/t20-/m0/s1. The van der Waals surface area contributed by atoms with Gasteiger partial charge in [0.2, 0.25) is 5.91 Å². The monoisotopic (exact) mass is 467 g/mol. The van der Waals surface area contributed by atoms with Crippen molar-refractivity contribution in [3.8, 4) is 0 Å². The van der Waals surface area contributed by atoms with Crippen molar-refractivity contribution in [2.24, 2.45) is 5.92 Å². The van der Waals surface area contributed by atoms with E-state index >= 15 is 0 Å². The fourth-order valence-electron chi connectivity index (χ4n) is 4.61. The van der Waals surface area contributed by atoms with Gasteiger partial charge in [-0.2, -0.15) is 0 Å². The second-order valence-electron chi connectivity index (χ2n) is 9.21. The number of carbonyl (C=O) groups is 2. The van der Waals surface area contributed by atoms with Crippen molar-refractivity contribution in [2.75, 3.05) is 31.6 Å². The van der Waals surface area contributed by atoms with Gasteiger partial charge < -0.3 is 25.0 Å². The lowest BCUT2D eigenvalue weighted by Gasteiger charge is -2.27. The molecule has 3 heterocycles. The van der Waals surface area contributed by atoms with Crippen LogP contribution in [0.15, 0.2) is 52.3 Å². The molecule has 2 amide bonds. The number of hydrogen-bond donors (Lipinski definition) is 2. The van der Waals surface area contributed by atoms with Crippen LogP contribution in [-0.4, -0.2) is 54.8 Å². The summed E-state index contributed by atoms with van der Waals surface area (Å²) in [6, 6.07) is 13.1. The highest BCUT2D eigenvalue weighted by Crippen LogP contribution is 2.44. The average molecular weight is 468 g/mol. The predicted molar refractivity (Wildman–Crippen MR) is 127 cm³/mol. The number of ether oxygens (including phenoxy) is 2. The minimum Gasteiger partial charge on any atom is -0.354 e. The van der Waals surface area contributed by atoms with E-state index < -0.39 is 11.8 Å². The molecule has 1 spiro atoms. The third-order valence-electron chi connectivity index (χ3n) is 6.25. The second-order valence-corrected chi connectivity index (χ2v) is 10.3. The van der Waals surface area contributed by atoms with E-state index in [0.29, 0.717) is 44.7 Å². The van der Waals surface area contributed by atoms with Crippen LogP contribution in [0.4, 0.5) is 11.4 Å². The molecule has 1 atom stereocenters. The number of carbonyl (C=O) groups excluding carboxylic acids is 2. The molecule has 2 aromatic carbocycles. The number of benzene rings is 2. The topological polar surface area (TPSA) is 79.9 Å². The van der Waals surface area contributed by atoms with Crippen LogP contribution in [0.5, 0.6) is 0 Å². The third-order valence-corrected chi connectivity index (χ3v) is 7.40. The van der Waals surface area contributed by atoms with Gasteiger partial charge in [0, 0.05) is 28.3 Å². The molecule has 3 aliphatic heterocycles. The Balaban J connectivity index is 1.30. The van der Waals surface area contributed by atoms with Crippen molar-refractivity contribution in [3.05, 3.63) is 48.0 Å². The summed E-state index contributed by atoms with van der Waals surface area (Å²) in [7, 11) is 0. The van der Waals surface area contributed by atoms with Gasteiger partial charge in [0.05, 0.1) is 31.1 Å². The quantitative estimate of drug-likeness (QED) is 0.590. The van der Waals surface area contributed by atoms with Gasteiger partial charge in [-0.05, 0) is 42.7 Å². The van der Waals surface area contributed by atoms with Gasteiger partial charge >= 0.3 is 0 Å². The number of hydrogen-bond acceptors (Lipinski definition) is 6. The first kappa shape index (κ1) is 22.3. The van der Waals surface area contributed by atoms with Gasteiger partial charge in [0.25, 0.3) is 5.91 Å². The molecule has 8 heteroatoms. The van der Waals surface area contributed by atoms with Crippen LogP contribution >= 0.6 is 11.8 Å². The summed E-state index contributed by atoms with van der Waals surface area (Å²) in [6.45, 7) is 6.21. The SMILES string of the molecule is CC(C)C[C@H](NC(=O)c1ccc2c(c1)Nc1ccccc1S2)C(=O)N1CCC2(C1)OCCO2. The fourth-order valence-corrected chi connectivity index (χ4v) is 5.58. The summed E-state index contributed by atoms with van der Waals surface area (Å²) in [5, 5.41) is 6.41. The lowest BCUT2D eigenvalue weighted by atomic mass is 10.0. The molecular formula is C25H29N3O4S. The second kappa shape index (κ2) is 9.00. The van der Waals surface area contributed by atoms with Crippen molar-refractivity contribution < 1.29 is 19.1 Å². The summed E-state index contributed by atoms with van der Waals surface area (Å²) in [5.41, 5.74) is 2.46. The number of fused-ring (bicyclic) bond motifs is 2. The minimum atomic E-state index is -0.666. The van der Waals surface area contributed by atoms with E-state index in [4.69, 9.17) is 9.47 Å². The van der Waals surface area contributed by atoms with Crippen molar-refractivity contribution in [1.29, 1.82) is 0 Å². The van der Waals surface area contributed by atoms with Gasteiger partial charge in [-0.15, -0.1) is 0 Å². The number of amides is 2. The highest BCUT2D eigenvalue weighted by atomic mass is 32.2. The molecule has 2 saturated heterocycles. The number of rotatable bonds is 5. The van der Waals surface area contributed by atoms with E-state index in [0.717, 1.165) is 21.2 Å². The van der Waals surface area contributed by atoms with Crippen molar-refractivity contribution >= 4 is 35.0 Å². The Kier molecular flexibility index (Phi) is 6.07. The molecule has 174 valence electrons. The Hall–Kier alpha value is -2.55. The van der Waals surface area contributed by atoms with Crippen LogP contribution in [0.25, 0.3) is 0 Å². The van der Waals surface area contributed by atoms with Crippen LogP contribution in [0.1, 0.15) is 37.0 Å². The van der Waals surface area contributed by atoms with E-state index in [1.54, 1.807) is 16.7 Å². The van der Waals surface area contributed by atoms with Crippen LogP contribution in [-0.2, 0) is 14.3 Å². The van der Waals surface area contributed by atoms with Gasteiger partial charge in [-0.1, -0.05) is 37.7 Å². The maximum Gasteiger partial charge on any atom is 0.252 e. The molecule has 3 aliphatic rings. The van der Waals surface area contributed by atoms with Crippen LogP contribution < -0.4 is 10.6 Å². The van der Waals surface area contributed by atoms with Crippen molar-refractivity contribution in [3.63, 3.8) is 0 Å². The maximum atomic E-state index is 13.3. The number of anilines is 2. The van der Waals surface area contributed by atoms with Crippen LogP contribution in [0.3, 0.4) is 0 Å². The smallest absolute Gasteiger partial charge is 0.252 e. The summed E-state index contributed by atoms with van der Waals surface area (Å²) in [5.74, 6) is -0.730. The molecular weight excluding hydrogens is 438 g/mol. The zero-order chi connectivity index (χ0) is 23.0. The average Bonchev–Trinajstić information content (AvgIpc) is 3.45. The Morgan fingerprint density at radius 3 is 2.67 bits per heavy atom. The zero-order valence-electron chi connectivity index (χ0n) is 18.9. The summed E-state index contributed by atoms with van der Waals surface area (Å²) in [4.78, 5) is 30.5. The molecule has 0 radical (unpaired) electrons. The molecule has 2 aromatic rings.